The Kier molecular flexibility index (Phi) is 6.68. The molecule has 2 heterocycles. The third-order valence-corrected chi connectivity index (χ3v) is 5.18. The van der Waals surface area contributed by atoms with Gasteiger partial charge in [-0.05, 0) is 44.7 Å². The minimum atomic E-state index is 0.288. The molecular formula is C17H30N2OS. The zero-order chi connectivity index (χ0) is 15.1. The summed E-state index contributed by atoms with van der Waals surface area (Å²) < 4.78 is 5.74. The molecule has 4 heteroatoms. The molecule has 0 aromatic carbocycles. The molecular weight excluding hydrogens is 280 g/mol. The highest BCUT2D eigenvalue weighted by molar-refractivity contribution is 7.09. The predicted octanol–water partition coefficient (Wildman–Crippen LogP) is 3.36. The minimum absolute atomic E-state index is 0.288. The molecule has 0 radical (unpaired) electrons. The van der Waals surface area contributed by atoms with Crippen LogP contribution in [-0.4, -0.2) is 43.8 Å². The van der Waals surface area contributed by atoms with Crippen LogP contribution in [0.5, 0.6) is 0 Å². The topological polar surface area (TPSA) is 24.5 Å². The Bertz CT molecular complexity index is 386. The first-order valence-electron chi connectivity index (χ1n) is 8.20. The van der Waals surface area contributed by atoms with Crippen molar-refractivity contribution >= 4 is 11.3 Å². The maximum absolute atomic E-state index is 5.74. The minimum Gasteiger partial charge on any atom is -0.381 e. The van der Waals surface area contributed by atoms with E-state index in [0.717, 1.165) is 39.4 Å². The number of ether oxygens (including phenoxy) is 1. The monoisotopic (exact) mass is 310 g/mol. The molecule has 1 aromatic rings. The van der Waals surface area contributed by atoms with Gasteiger partial charge >= 0.3 is 0 Å². The van der Waals surface area contributed by atoms with Gasteiger partial charge < -0.3 is 10.1 Å². The van der Waals surface area contributed by atoms with Crippen molar-refractivity contribution in [1.29, 1.82) is 0 Å². The first-order chi connectivity index (χ1) is 10.2. The Labute approximate surface area is 133 Å². The van der Waals surface area contributed by atoms with Crippen LogP contribution in [0.2, 0.25) is 0 Å². The second-order valence-corrected chi connectivity index (χ2v) is 7.59. The van der Waals surface area contributed by atoms with Gasteiger partial charge in [0, 0.05) is 42.6 Å². The molecule has 1 aromatic heterocycles. The molecule has 1 saturated heterocycles. The number of hydrogen-bond donors (Lipinski definition) is 1. The number of rotatable bonds is 9. The summed E-state index contributed by atoms with van der Waals surface area (Å²) in [4.78, 5) is 4.06. The van der Waals surface area contributed by atoms with E-state index >= 15 is 0 Å². The molecule has 0 saturated carbocycles. The van der Waals surface area contributed by atoms with Gasteiger partial charge in [0.1, 0.15) is 0 Å². The summed E-state index contributed by atoms with van der Waals surface area (Å²) in [6.45, 7) is 13.0. The van der Waals surface area contributed by atoms with Gasteiger partial charge in [0.15, 0.2) is 0 Å². The maximum Gasteiger partial charge on any atom is 0.0547 e. The van der Waals surface area contributed by atoms with E-state index in [0.29, 0.717) is 6.04 Å². The highest BCUT2D eigenvalue weighted by atomic mass is 32.1. The van der Waals surface area contributed by atoms with Crippen LogP contribution in [0, 0.1) is 5.41 Å². The van der Waals surface area contributed by atoms with E-state index in [2.05, 4.69) is 48.5 Å². The SMILES string of the molecule is CCCNCC1(CN(Cc2cccs2)C(C)C)CCOC1. The smallest absolute Gasteiger partial charge is 0.0547 e. The van der Waals surface area contributed by atoms with E-state index in [4.69, 9.17) is 4.74 Å². The molecule has 1 N–H and O–H groups in total. The molecule has 1 aliphatic heterocycles. The maximum atomic E-state index is 5.74. The third-order valence-electron chi connectivity index (χ3n) is 4.32. The molecule has 0 aliphatic carbocycles. The lowest BCUT2D eigenvalue weighted by Gasteiger charge is -2.36. The van der Waals surface area contributed by atoms with Crippen molar-refractivity contribution in [2.75, 3.05) is 32.8 Å². The van der Waals surface area contributed by atoms with E-state index in [1.54, 1.807) is 0 Å². The Balaban J connectivity index is 1.98. The summed E-state index contributed by atoms with van der Waals surface area (Å²) >= 11 is 1.86. The van der Waals surface area contributed by atoms with E-state index in [-0.39, 0.29) is 5.41 Å². The fourth-order valence-corrected chi connectivity index (χ4v) is 3.68. The summed E-state index contributed by atoms with van der Waals surface area (Å²) in [5.41, 5.74) is 0.288. The Morgan fingerprint density at radius 1 is 1.48 bits per heavy atom. The average molecular weight is 311 g/mol. The molecule has 1 unspecified atom stereocenters. The number of hydrogen-bond acceptors (Lipinski definition) is 4. The largest absolute Gasteiger partial charge is 0.381 e. The van der Waals surface area contributed by atoms with Crippen molar-refractivity contribution < 1.29 is 4.74 Å². The molecule has 1 atom stereocenters. The molecule has 2 rings (SSSR count). The van der Waals surface area contributed by atoms with E-state index in [9.17, 15) is 0 Å². The van der Waals surface area contributed by atoms with Crippen LogP contribution in [0.25, 0.3) is 0 Å². The summed E-state index contributed by atoms with van der Waals surface area (Å²) in [5.74, 6) is 0. The van der Waals surface area contributed by atoms with Gasteiger partial charge in [-0.1, -0.05) is 13.0 Å². The second kappa shape index (κ2) is 8.28. The van der Waals surface area contributed by atoms with E-state index in [1.807, 2.05) is 11.3 Å². The third kappa shape index (κ3) is 5.06. The van der Waals surface area contributed by atoms with Crippen molar-refractivity contribution in [2.24, 2.45) is 5.41 Å². The summed E-state index contributed by atoms with van der Waals surface area (Å²) in [7, 11) is 0. The zero-order valence-electron chi connectivity index (χ0n) is 13.7. The van der Waals surface area contributed by atoms with E-state index in [1.165, 1.54) is 17.7 Å². The van der Waals surface area contributed by atoms with Crippen LogP contribution < -0.4 is 5.32 Å². The Morgan fingerprint density at radius 3 is 2.90 bits per heavy atom. The van der Waals surface area contributed by atoms with Crippen molar-refractivity contribution in [2.45, 2.75) is 46.2 Å². The van der Waals surface area contributed by atoms with Crippen LogP contribution in [0.4, 0.5) is 0 Å². The standard InChI is InChI=1S/C17H30N2OS/c1-4-8-18-12-17(7-9-20-14-17)13-19(15(2)3)11-16-6-5-10-21-16/h5-6,10,15,18H,4,7-9,11-14H2,1-3H3. The fourth-order valence-electron chi connectivity index (χ4n) is 2.95. The van der Waals surface area contributed by atoms with Crippen molar-refractivity contribution in [3.63, 3.8) is 0 Å². The normalized spacial score (nSPS) is 22.5. The molecule has 0 amide bonds. The molecule has 0 bridgehead atoms. The van der Waals surface area contributed by atoms with Gasteiger partial charge in [-0.3, -0.25) is 4.90 Å². The number of thiophene rings is 1. The van der Waals surface area contributed by atoms with Crippen LogP contribution in [0.3, 0.4) is 0 Å². The van der Waals surface area contributed by atoms with Crippen LogP contribution >= 0.6 is 11.3 Å². The summed E-state index contributed by atoms with van der Waals surface area (Å²) in [6.07, 6.45) is 2.37. The fraction of sp³-hybridized carbons (Fsp3) is 0.765. The molecule has 1 fully saturated rings. The van der Waals surface area contributed by atoms with E-state index < -0.39 is 0 Å². The van der Waals surface area contributed by atoms with Gasteiger partial charge in [-0.2, -0.15) is 0 Å². The quantitative estimate of drug-likeness (QED) is 0.708. The lowest BCUT2D eigenvalue weighted by molar-refractivity contribution is 0.0891. The number of nitrogens with one attached hydrogen (secondary N) is 1. The second-order valence-electron chi connectivity index (χ2n) is 6.56. The van der Waals surface area contributed by atoms with Crippen LogP contribution in [-0.2, 0) is 11.3 Å². The Morgan fingerprint density at radius 2 is 2.33 bits per heavy atom. The Hall–Kier alpha value is -0.420. The zero-order valence-corrected chi connectivity index (χ0v) is 14.5. The predicted molar refractivity (Wildman–Crippen MR) is 90.9 cm³/mol. The highest BCUT2D eigenvalue weighted by Gasteiger charge is 2.36. The molecule has 0 spiro atoms. The molecule has 21 heavy (non-hydrogen) atoms. The highest BCUT2D eigenvalue weighted by Crippen LogP contribution is 2.30. The van der Waals surface area contributed by atoms with Gasteiger partial charge in [0.05, 0.1) is 6.61 Å². The summed E-state index contributed by atoms with van der Waals surface area (Å²) in [6, 6.07) is 4.96. The lowest BCUT2D eigenvalue weighted by atomic mass is 9.86. The van der Waals surface area contributed by atoms with Gasteiger partial charge in [0.25, 0.3) is 0 Å². The van der Waals surface area contributed by atoms with Crippen molar-refractivity contribution in [1.82, 2.24) is 10.2 Å². The van der Waals surface area contributed by atoms with Crippen molar-refractivity contribution in [3.8, 4) is 0 Å². The molecule has 120 valence electrons. The van der Waals surface area contributed by atoms with Crippen molar-refractivity contribution in [3.05, 3.63) is 22.4 Å². The molecule has 1 aliphatic rings. The van der Waals surface area contributed by atoms with Crippen LogP contribution in [0.15, 0.2) is 17.5 Å². The summed E-state index contributed by atoms with van der Waals surface area (Å²) in [5, 5.41) is 5.79. The average Bonchev–Trinajstić information content (AvgIpc) is 3.11. The van der Waals surface area contributed by atoms with Crippen LogP contribution in [0.1, 0.15) is 38.5 Å². The first-order valence-corrected chi connectivity index (χ1v) is 9.08. The lowest BCUT2D eigenvalue weighted by Crippen LogP contribution is -2.46. The number of nitrogens with zero attached hydrogens (tertiary/aromatic N) is 1. The van der Waals surface area contributed by atoms with Gasteiger partial charge in [-0.15, -0.1) is 11.3 Å². The molecule has 3 nitrogen and oxygen atoms in total. The van der Waals surface area contributed by atoms with Gasteiger partial charge in [0.2, 0.25) is 0 Å². The first kappa shape index (κ1) is 16.9. The van der Waals surface area contributed by atoms with Gasteiger partial charge in [-0.25, -0.2) is 0 Å².